The number of carbonyl (C=O) groups is 1. The Hall–Kier alpha value is -1.21. The molecule has 0 spiro atoms. The third-order valence-corrected chi connectivity index (χ3v) is 3.52. The summed E-state index contributed by atoms with van der Waals surface area (Å²) in [4.78, 5) is 20.6. The number of pyridine rings is 1. The molecule has 2 aromatic heterocycles. The summed E-state index contributed by atoms with van der Waals surface area (Å²) in [5, 5.41) is 5.45. The second kappa shape index (κ2) is 8.94. The predicted octanol–water partition coefficient (Wildman–Crippen LogP) is 2.75. The highest BCUT2D eigenvalue weighted by molar-refractivity contribution is 7.09. The Morgan fingerprint density at radius 2 is 2.00 bits per heavy atom. The van der Waals surface area contributed by atoms with Crippen molar-refractivity contribution >= 4 is 47.7 Å². The minimum absolute atomic E-state index is 0. The number of amides is 1. The van der Waals surface area contributed by atoms with Crippen LogP contribution in [0.4, 0.5) is 5.69 Å². The fraction of sp³-hybridized carbons (Fsp3) is 0.308. The van der Waals surface area contributed by atoms with E-state index in [0.29, 0.717) is 24.3 Å². The Kier molecular flexibility index (Phi) is 8.43. The van der Waals surface area contributed by atoms with E-state index in [1.165, 1.54) is 11.3 Å². The van der Waals surface area contributed by atoms with Gasteiger partial charge < -0.3 is 11.1 Å². The summed E-state index contributed by atoms with van der Waals surface area (Å²) in [5.41, 5.74) is 8.32. The molecule has 2 rings (SSSR count). The molecule has 0 unspecified atom stereocenters. The number of rotatable bonds is 4. The standard InChI is InChI=1S/C13H16N4OS.2ClH/c1-8-3-4-10(9(2)15-8)17-13(18)11-7-19-12(16-11)5-6-14;;/h3-4,7H,5-6,14H2,1-2H3,(H,17,18);2*1H. The van der Waals surface area contributed by atoms with Crippen LogP contribution in [0.1, 0.15) is 26.9 Å². The summed E-state index contributed by atoms with van der Waals surface area (Å²) in [5.74, 6) is -0.215. The van der Waals surface area contributed by atoms with Crippen molar-refractivity contribution < 1.29 is 4.79 Å². The molecule has 0 saturated heterocycles. The van der Waals surface area contributed by atoms with Gasteiger partial charge in [-0.25, -0.2) is 4.98 Å². The molecule has 0 aromatic carbocycles. The van der Waals surface area contributed by atoms with E-state index in [0.717, 1.165) is 16.4 Å². The van der Waals surface area contributed by atoms with E-state index >= 15 is 0 Å². The first-order chi connectivity index (χ1) is 9.10. The molecule has 0 saturated carbocycles. The molecule has 0 aliphatic heterocycles. The van der Waals surface area contributed by atoms with Gasteiger partial charge in [-0.1, -0.05) is 0 Å². The lowest BCUT2D eigenvalue weighted by molar-refractivity contribution is 0.102. The quantitative estimate of drug-likeness (QED) is 0.889. The van der Waals surface area contributed by atoms with Crippen LogP contribution in [0.15, 0.2) is 17.5 Å². The van der Waals surface area contributed by atoms with Gasteiger partial charge in [0.15, 0.2) is 0 Å². The van der Waals surface area contributed by atoms with Crippen LogP contribution >= 0.6 is 36.2 Å². The molecule has 8 heteroatoms. The predicted molar refractivity (Wildman–Crippen MR) is 91.0 cm³/mol. The lowest BCUT2D eigenvalue weighted by Gasteiger charge is -2.06. The minimum Gasteiger partial charge on any atom is -0.330 e. The van der Waals surface area contributed by atoms with E-state index in [-0.39, 0.29) is 30.7 Å². The minimum atomic E-state index is -0.215. The lowest BCUT2D eigenvalue weighted by Crippen LogP contribution is -2.14. The number of halogens is 2. The molecule has 2 aromatic rings. The maximum absolute atomic E-state index is 12.0. The lowest BCUT2D eigenvalue weighted by atomic mass is 10.2. The number of hydrogen-bond donors (Lipinski definition) is 2. The third-order valence-electron chi connectivity index (χ3n) is 2.62. The van der Waals surface area contributed by atoms with Crippen molar-refractivity contribution in [3.63, 3.8) is 0 Å². The van der Waals surface area contributed by atoms with Crippen LogP contribution < -0.4 is 11.1 Å². The van der Waals surface area contributed by atoms with Crippen LogP contribution in [0.3, 0.4) is 0 Å². The summed E-state index contributed by atoms with van der Waals surface area (Å²) in [7, 11) is 0. The molecule has 116 valence electrons. The Balaban J connectivity index is 0.00000200. The Bertz CT molecular complexity index is 604. The van der Waals surface area contributed by atoms with Gasteiger partial charge in [0, 0.05) is 17.5 Å². The van der Waals surface area contributed by atoms with Crippen molar-refractivity contribution in [3.05, 3.63) is 39.6 Å². The largest absolute Gasteiger partial charge is 0.330 e. The first-order valence-electron chi connectivity index (χ1n) is 6.00. The number of nitrogens with two attached hydrogens (primary N) is 1. The molecule has 3 N–H and O–H groups in total. The molecule has 0 atom stereocenters. The zero-order valence-corrected chi connectivity index (χ0v) is 14.2. The Labute approximate surface area is 140 Å². The second-order valence-corrected chi connectivity index (χ2v) is 5.15. The van der Waals surface area contributed by atoms with E-state index in [1.54, 1.807) is 5.38 Å². The topological polar surface area (TPSA) is 80.9 Å². The zero-order chi connectivity index (χ0) is 13.8. The van der Waals surface area contributed by atoms with E-state index in [9.17, 15) is 4.79 Å². The maximum Gasteiger partial charge on any atom is 0.275 e. The van der Waals surface area contributed by atoms with Gasteiger partial charge >= 0.3 is 0 Å². The van der Waals surface area contributed by atoms with Crippen molar-refractivity contribution in [3.8, 4) is 0 Å². The number of aryl methyl sites for hydroxylation is 2. The van der Waals surface area contributed by atoms with Gasteiger partial charge in [-0.2, -0.15) is 0 Å². The van der Waals surface area contributed by atoms with Gasteiger partial charge in [0.1, 0.15) is 5.69 Å². The molecule has 0 aliphatic rings. The maximum atomic E-state index is 12.0. The molecule has 0 radical (unpaired) electrons. The number of thiazole rings is 1. The summed E-state index contributed by atoms with van der Waals surface area (Å²) < 4.78 is 0. The van der Waals surface area contributed by atoms with Crippen LogP contribution in [0.5, 0.6) is 0 Å². The number of nitrogens with one attached hydrogen (secondary N) is 1. The number of aromatic nitrogens is 2. The van der Waals surface area contributed by atoms with Gasteiger partial charge in [0.25, 0.3) is 5.91 Å². The highest BCUT2D eigenvalue weighted by atomic mass is 35.5. The molecular formula is C13H18Cl2N4OS. The fourth-order valence-electron chi connectivity index (χ4n) is 1.66. The van der Waals surface area contributed by atoms with E-state index in [4.69, 9.17) is 5.73 Å². The SMILES string of the molecule is Cc1ccc(NC(=O)c2csc(CCN)n2)c(C)n1.Cl.Cl. The summed E-state index contributed by atoms with van der Waals surface area (Å²) >= 11 is 1.45. The van der Waals surface area contributed by atoms with Gasteiger partial charge in [-0.15, -0.1) is 36.2 Å². The first-order valence-corrected chi connectivity index (χ1v) is 6.88. The van der Waals surface area contributed by atoms with E-state index in [1.807, 2.05) is 26.0 Å². The van der Waals surface area contributed by atoms with Crippen molar-refractivity contribution in [2.45, 2.75) is 20.3 Å². The first kappa shape index (κ1) is 19.8. The van der Waals surface area contributed by atoms with Crippen molar-refractivity contribution in [2.75, 3.05) is 11.9 Å². The average Bonchev–Trinajstić information content (AvgIpc) is 2.82. The fourth-order valence-corrected chi connectivity index (χ4v) is 2.45. The van der Waals surface area contributed by atoms with Crippen LogP contribution in [-0.2, 0) is 6.42 Å². The van der Waals surface area contributed by atoms with E-state index < -0.39 is 0 Å². The monoisotopic (exact) mass is 348 g/mol. The summed E-state index contributed by atoms with van der Waals surface area (Å²) in [6.07, 6.45) is 0.697. The van der Waals surface area contributed by atoms with Crippen LogP contribution in [0.25, 0.3) is 0 Å². The Morgan fingerprint density at radius 1 is 1.29 bits per heavy atom. The van der Waals surface area contributed by atoms with Gasteiger partial charge in [0.05, 0.1) is 16.4 Å². The number of nitrogens with zero attached hydrogens (tertiary/aromatic N) is 2. The van der Waals surface area contributed by atoms with E-state index in [2.05, 4.69) is 15.3 Å². The average molecular weight is 349 g/mol. The smallest absolute Gasteiger partial charge is 0.275 e. The van der Waals surface area contributed by atoms with Gasteiger partial charge in [0.2, 0.25) is 0 Å². The van der Waals surface area contributed by atoms with Crippen LogP contribution in [0, 0.1) is 13.8 Å². The van der Waals surface area contributed by atoms with Crippen molar-refractivity contribution in [2.24, 2.45) is 5.73 Å². The summed E-state index contributed by atoms with van der Waals surface area (Å²) in [6, 6.07) is 3.71. The summed E-state index contributed by atoms with van der Waals surface area (Å²) in [6.45, 7) is 4.32. The molecule has 0 bridgehead atoms. The second-order valence-electron chi connectivity index (χ2n) is 4.20. The van der Waals surface area contributed by atoms with Crippen molar-refractivity contribution in [1.82, 2.24) is 9.97 Å². The molecule has 5 nitrogen and oxygen atoms in total. The number of carbonyl (C=O) groups excluding carboxylic acids is 1. The molecule has 0 fully saturated rings. The molecule has 21 heavy (non-hydrogen) atoms. The number of anilines is 1. The Morgan fingerprint density at radius 3 is 2.62 bits per heavy atom. The third kappa shape index (κ3) is 5.24. The molecule has 0 aliphatic carbocycles. The van der Waals surface area contributed by atoms with Gasteiger partial charge in [-0.3, -0.25) is 9.78 Å². The van der Waals surface area contributed by atoms with Crippen molar-refractivity contribution in [1.29, 1.82) is 0 Å². The molecule has 1 amide bonds. The molecule has 2 heterocycles. The highest BCUT2D eigenvalue weighted by Gasteiger charge is 2.12. The zero-order valence-electron chi connectivity index (χ0n) is 11.8. The van der Waals surface area contributed by atoms with Crippen LogP contribution in [0.2, 0.25) is 0 Å². The molecular weight excluding hydrogens is 331 g/mol. The van der Waals surface area contributed by atoms with Gasteiger partial charge in [-0.05, 0) is 32.5 Å². The highest BCUT2D eigenvalue weighted by Crippen LogP contribution is 2.15. The van der Waals surface area contributed by atoms with Crippen LogP contribution in [-0.4, -0.2) is 22.4 Å². The number of hydrogen-bond acceptors (Lipinski definition) is 5. The normalized spacial score (nSPS) is 9.48.